The first-order chi connectivity index (χ1) is 12.7. The number of nitrogens with two attached hydrogens (primary N) is 2. The predicted octanol–water partition coefficient (Wildman–Crippen LogP) is 4.53. The second kappa shape index (κ2) is 12.3. The van der Waals surface area contributed by atoms with Crippen LogP contribution in [-0.4, -0.2) is 29.8 Å². The third kappa shape index (κ3) is 8.41. The Morgan fingerprint density at radius 1 is 1.11 bits per heavy atom. The van der Waals surface area contributed by atoms with Gasteiger partial charge in [-0.25, -0.2) is 0 Å². The first-order valence-corrected chi connectivity index (χ1v) is 9.59. The molecule has 1 atom stereocenters. The maximum absolute atomic E-state index is 11.0. The number of hydrogen-bond acceptors (Lipinski definition) is 4. The van der Waals surface area contributed by atoms with Crippen LogP contribution in [0.5, 0.6) is 5.75 Å². The van der Waals surface area contributed by atoms with E-state index < -0.39 is 17.5 Å². The molecule has 5 heteroatoms. The monoisotopic (exact) mass is 376 g/mol. The van der Waals surface area contributed by atoms with E-state index in [2.05, 4.69) is 6.92 Å². The minimum absolute atomic E-state index is 0.411. The second-order valence-electron chi connectivity index (χ2n) is 6.68. The topological polar surface area (TPSA) is 98.6 Å². The van der Waals surface area contributed by atoms with Crippen LogP contribution in [0.15, 0.2) is 36.4 Å². The van der Waals surface area contributed by atoms with Gasteiger partial charge in [-0.3, -0.25) is 4.79 Å². The molecule has 0 aliphatic rings. The fourth-order valence-corrected chi connectivity index (χ4v) is 2.08. The van der Waals surface area contributed by atoms with Crippen molar-refractivity contribution in [1.82, 2.24) is 0 Å². The maximum atomic E-state index is 11.0. The van der Waals surface area contributed by atoms with Crippen molar-refractivity contribution in [2.45, 2.75) is 59.5 Å². The molecular formula is C22H36N2O3. The van der Waals surface area contributed by atoms with E-state index in [1.54, 1.807) is 6.92 Å². The fraction of sp³-hybridized carbons (Fsp3) is 0.500. The Balaban J connectivity index is 0.000000998. The van der Waals surface area contributed by atoms with Gasteiger partial charge < -0.3 is 21.3 Å². The van der Waals surface area contributed by atoms with E-state index in [9.17, 15) is 4.79 Å². The van der Waals surface area contributed by atoms with Gasteiger partial charge in [0.15, 0.2) is 0 Å². The van der Waals surface area contributed by atoms with E-state index in [4.69, 9.17) is 21.3 Å². The van der Waals surface area contributed by atoms with E-state index in [-0.39, 0.29) is 0 Å². The zero-order chi connectivity index (χ0) is 21.0. The van der Waals surface area contributed by atoms with Gasteiger partial charge in [-0.15, -0.1) is 0 Å². The summed E-state index contributed by atoms with van der Waals surface area (Å²) >= 11 is 0. The Hall–Kier alpha value is -2.11. The first kappa shape index (κ1) is 24.9. The van der Waals surface area contributed by atoms with Crippen LogP contribution in [0.25, 0.3) is 10.8 Å². The molecule has 27 heavy (non-hydrogen) atoms. The lowest BCUT2D eigenvalue weighted by atomic mass is 9.98. The van der Waals surface area contributed by atoms with Crippen molar-refractivity contribution < 1.29 is 14.6 Å². The molecule has 0 fully saturated rings. The van der Waals surface area contributed by atoms with Gasteiger partial charge in [0.25, 0.3) is 0 Å². The molecule has 0 amide bonds. The number of rotatable bonds is 6. The van der Waals surface area contributed by atoms with Gasteiger partial charge in [-0.1, -0.05) is 45.0 Å². The molecule has 0 aromatic heterocycles. The molecule has 0 saturated carbocycles. The van der Waals surface area contributed by atoms with Crippen LogP contribution in [0.2, 0.25) is 0 Å². The number of aliphatic carboxylic acids is 1. The van der Waals surface area contributed by atoms with E-state index in [1.807, 2.05) is 64.1 Å². The quantitative estimate of drug-likeness (QED) is 0.688. The smallest absolute Gasteiger partial charge is 0.310 e. The summed E-state index contributed by atoms with van der Waals surface area (Å²) in [5.74, 6) is -0.572. The lowest BCUT2D eigenvalue weighted by Gasteiger charge is -2.24. The summed E-state index contributed by atoms with van der Waals surface area (Å²) in [5.41, 5.74) is 11.1. The van der Waals surface area contributed by atoms with Crippen molar-refractivity contribution >= 4 is 16.7 Å². The minimum Gasteiger partial charge on any atom is -0.487 e. The van der Waals surface area contributed by atoms with E-state index in [1.165, 1.54) is 0 Å². The molecule has 2 aromatic rings. The number of benzene rings is 2. The van der Waals surface area contributed by atoms with Gasteiger partial charge in [0.1, 0.15) is 11.4 Å². The highest BCUT2D eigenvalue weighted by molar-refractivity contribution is 5.86. The highest BCUT2D eigenvalue weighted by Crippen LogP contribution is 2.27. The largest absolute Gasteiger partial charge is 0.487 e. The molecule has 0 radical (unpaired) electrons. The fourth-order valence-electron chi connectivity index (χ4n) is 2.08. The van der Waals surface area contributed by atoms with E-state index in [0.29, 0.717) is 6.54 Å². The summed E-state index contributed by atoms with van der Waals surface area (Å²) in [5, 5.41) is 11.1. The minimum atomic E-state index is -0.820. The zero-order valence-electron chi connectivity index (χ0n) is 17.6. The number of fused-ring (bicyclic) bond motifs is 1. The van der Waals surface area contributed by atoms with Crippen LogP contribution < -0.4 is 16.2 Å². The van der Waals surface area contributed by atoms with E-state index in [0.717, 1.165) is 35.1 Å². The number of hydrogen-bond donors (Lipinski definition) is 3. The Morgan fingerprint density at radius 3 is 2.11 bits per heavy atom. The lowest BCUT2D eigenvalue weighted by molar-refractivity contribution is -0.138. The molecule has 5 N–H and O–H groups in total. The molecule has 0 aliphatic carbocycles. The SMILES string of the molecule is CC.CC(C(=O)O)c1ccc2cc(OC(C)(C)CN)ccc2c1.CCCN. The zero-order valence-corrected chi connectivity index (χ0v) is 17.6. The van der Waals surface area contributed by atoms with Gasteiger partial charge in [0.05, 0.1) is 5.92 Å². The Kier molecular flexibility index (Phi) is 11.3. The second-order valence-corrected chi connectivity index (χ2v) is 6.68. The van der Waals surface area contributed by atoms with Crippen molar-refractivity contribution in [3.05, 3.63) is 42.0 Å². The molecule has 152 valence electrons. The van der Waals surface area contributed by atoms with Gasteiger partial charge in [-0.2, -0.15) is 0 Å². The summed E-state index contributed by atoms with van der Waals surface area (Å²) < 4.78 is 5.86. The molecule has 1 unspecified atom stereocenters. The number of carboxylic acids is 1. The van der Waals surface area contributed by atoms with Crippen LogP contribution in [0.3, 0.4) is 0 Å². The number of carbonyl (C=O) groups is 1. The predicted molar refractivity (Wildman–Crippen MR) is 114 cm³/mol. The average molecular weight is 377 g/mol. The number of ether oxygens (including phenoxy) is 1. The van der Waals surface area contributed by atoms with Crippen molar-refractivity contribution in [2.75, 3.05) is 13.1 Å². The molecule has 5 nitrogen and oxygen atoms in total. The van der Waals surface area contributed by atoms with Crippen molar-refractivity contribution in [3.63, 3.8) is 0 Å². The maximum Gasteiger partial charge on any atom is 0.310 e. The van der Waals surface area contributed by atoms with Crippen LogP contribution in [-0.2, 0) is 4.79 Å². The van der Waals surface area contributed by atoms with Crippen molar-refractivity contribution in [3.8, 4) is 5.75 Å². The molecule has 0 aliphatic heterocycles. The highest BCUT2D eigenvalue weighted by atomic mass is 16.5. The Morgan fingerprint density at radius 2 is 1.63 bits per heavy atom. The van der Waals surface area contributed by atoms with Crippen molar-refractivity contribution in [2.24, 2.45) is 11.5 Å². The normalized spacial score (nSPS) is 11.6. The standard InChI is InChI=1S/C17H21NO3.C3H9N.C2H6/c1-11(16(19)20)12-4-5-14-9-15(7-6-13(14)8-12)21-17(2,3)10-18;1-2-3-4;1-2/h4-9,11H,10,18H2,1-3H3,(H,19,20);2-4H2,1H3;1-2H3. The van der Waals surface area contributed by atoms with Crippen molar-refractivity contribution in [1.29, 1.82) is 0 Å². The summed E-state index contributed by atoms with van der Waals surface area (Å²) in [6.07, 6.45) is 1.10. The van der Waals surface area contributed by atoms with Gasteiger partial charge in [0, 0.05) is 6.54 Å². The van der Waals surface area contributed by atoms with Crippen LogP contribution >= 0.6 is 0 Å². The Labute approximate surface area is 163 Å². The Bertz CT molecular complexity index is 697. The third-order valence-corrected chi connectivity index (χ3v) is 3.88. The first-order valence-electron chi connectivity index (χ1n) is 9.59. The van der Waals surface area contributed by atoms with Crippen LogP contribution in [0.4, 0.5) is 0 Å². The molecule has 0 spiro atoms. The van der Waals surface area contributed by atoms with Gasteiger partial charge in [0.2, 0.25) is 0 Å². The highest BCUT2D eigenvalue weighted by Gasteiger charge is 2.18. The lowest BCUT2D eigenvalue weighted by Crippen LogP contribution is -2.37. The molecule has 0 bridgehead atoms. The van der Waals surface area contributed by atoms with Gasteiger partial charge in [-0.05, 0) is 62.2 Å². The van der Waals surface area contributed by atoms with E-state index >= 15 is 0 Å². The summed E-state index contributed by atoms with van der Waals surface area (Å²) in [6.45, 7) is 12.9. The summed E-state index contributed by atoms with van der Waals surface area (Å²) in [6, 6.07) is 11.4. The molecule has 0 saturated heterocycles. The summed E-state index contributed by atoms with van der Waals surface area (Å²) in [4.78, 5) is 11.0. The average Bonchev–Trinajstić information content (AvgIpc) is 2.68. The third-order valence-electron chi connectivity index (χ3n) is 3.88. The number of carboxylic acid groups (broad SMARTS) is 1. The van der Waals surface area contributed by atoms with Gasteiger partial charge >= 0.3 is 5.97 Å². The molecule has 2 rings (SSSR count). The molecule has 2 aromatic carbocycles. The van der Waals surface area contributed by atoms with Crippen LogP contribution in [0, 0.1) is 0 Å². The summed E-state index contributed by atoms with van der Waals surface area (Å²) in [7, 11) is 0. The molecule has 0 heterocycles. The van der Waals surface area contributed by atoms with Crippen LogP contribution in [0.1, 0.15) is 59.4 Å². The molecular weight excluding hydrogens is 340 g/mol.